The Labute approximate surface area is 260 Å². The van der Waals surface area contributed by atoms with Crippen LogP contribution in [-0.2, 0) is 22.4 Å². The van der Waals surface area contributed by atoms with Gasteiger partial charge in [-0.05, 0) is 74.2 Å². The van der Waals surface area contributed by atoms with Crippen molar-refractivity contribution in [2.24, 2.45) is 5.10 Å². The van der Waals surface area contributed by atoms with E-state index >= 15 is 0 Å². The zero-order valence-electron chi connectivity index (χ0n) is 25.7. The SMILES string of the molecule is CCCc1c(Cc2ccc(-c3ccccc3)c(C3=NNC(=O)C3)c2)c(=O)n(-c2ccc(OC(C)(C)C(C)=O)cc2)c2ncnn12. The van der Waals surface area contributed by atoms with E-state index in [0.29, 0.717) is 41.3 Å². The highest BCUT2D eigenvalue weighted by atomic mass is 16.5. The van der Waals surface area contributed by atoms with Crippen molar-refractivity contribution >= 4 is 23.2 Å². The third-order valence-electron chi connectivity index (χ3n) is 8.10. The molecule has 0 unspecified atom stereocenters. The van der Waals surface area contributed by atoms with E-state index in [0.717, 1.165) is 34.4 Å². The monoisotopic (exact) mass is 602 g/mol. The lowest BCUT2D eigenvalue weighted by molar-refractivity contribution is -0.129. The Hall–Kier alpha value is -5.38. The number of Topliss-reactive ketones (excluding diaryl/α,β-unsaturated/α-hetero) is 1. The van der Waals surface area contributed by atoms with Gasteiger partial charge in [0.15, 0.2) is 11.4 Å². The van der Waals surface area contributed by atoms with Crippen LogP contribution in [0.2, 0.25) is 0 Å². The summed E-state index contributed by atoms with van der Waals surface area (Å²) in [5, 5.41) is 8.83. The van der Waals surface area contributed by atoms with Crippen LogP contribution in [0, 0.1) is 0 Å². The molecule has 1 N–H and O–H groups in total. The molecule has 0 bridgehead atoms. The molecule has 0 atom stereocenters. The summed E-state index contributed by atoms with van der Waals surface area (Å²) in [6.07, 6.45) is 3.43. The number of hydrazone groups is 1. The number of ether oxygens (including phenoxy) is 1. The summed E-state index contributed by atoms with van der Waals surface area (Å²) < 4.78 is 9.21. The predicted molar refractivity (Wildman–Crippen MR) is 172 cm³/mol. The first kappa shape index (κ1) is 29.7. The van der Waals surface area contributed by atoms with Crippen molar-refractivity contribution in [3.05, 3.63) is 112 Å². The van der Waals surface area contributed by atoms with Crippen molar-refractivity contribution in [2.75, 3.05) is 0 Å². The molecule has 1 aliphatic heterocycles. The third kappa shape index (κ3) is 5.78. The number of nitrogens with one attached hydrogen (secondary N) is 1. The van der Waals surface area contributed by atoms with Crippen molar-refractivity contribution in [3.8, 4) is 22.6 Å². The van der Waals surface area contributed by atoms with Crippen molar-refractivity contribution in [3.63, 3.8) is 0 Å². The van der Waals surface area contributed by atoms with Crippen LogP contribution < -0.4 is 15.7 Å². The van der Waals surface area contributed by atoms with Gasteiger partial charge in [0.1, 0.15) is 12.1 Å². The Balaban J connectivity index is 1.45. The maximum atomic E-state index is 14.4. The van der Waals surface area contributed by atoms with Gasteiger partial charge in [0.2, 0.25) is 11.7 Å². The second-order valence-corrected chi connectivity index (χ2v) is 11.6. The topological polar surface area (TPSA) is 120 Å². The molecule has 1 amide bonds. The van der Waals surface area contributed by atoms with E-state index in [2.05, 4.69) is 27.5 Å². The minimum Gasteiger partial charge on any atom is -0.480 e. The molecule has 0 aliphatic carbocycles. The number of ketones is 1. The molecule has 0 saturated carbocycles. The summed E-state index contributed by atoms with van der Waals surface area (Å²) in [6.45, 7) is 6.99. The van der Waals surface area contributed by atoms with Crippen LogP contribution in [0.25, 0.3) is 22.6 Å². The van der Waals surface area contributed by atoms with Crippen LogP contribution in [0.4, 0.5) is 0 Å². The van der Waals surface area contributed by atoms with Crippen LogP contribution >= 0.6 is 0 Å². The number of rotatable bonds is 10. The lowest BCUT2D eigenvalue weighted by Crippen LogP contribution is -2.36. The minimum absolute atomic E-state index is 0.0908. The quantitative estimate of drug-likeness (QED) is 0.239. The highest BCUT2D eigenvalue weighted by molar-refractivity contribution is 6.16. The number of amides is 1. The van der Waals surface area contributed by atoms with Gasteiger partial charge in [0.25, 0.3) is 5.56 Å². The van der Waals surface area contributed by atoms with Gasteiger partial charge in [-0.25, -0.2) is 14.5 Å². The molecule has 45 heavy (non-hydrogen) atoms. The number of benzene rings is 3. The molecule has 0 radical (unpaired) electrons. The fraction of sp³-hybridized carbons (Fsp3) is 0.257. The molecular weight excluding hydrogens is 568 g/mol. The van der Waals surface area contributed by atoms with Crippen molar-refractivity contribution in [2.45, 2.75) is 59.0 Å². The molecule has 0 saturated heterocycles. The molecule has 2 aromatic heterocycles. The highest BCUT2D eigenvalue weighted by Gasteiger charge is 2.26. The van der Waals surface area contributed by atoms with Gasteiger partial charge in [-0.15, -0.1) is 0 Å². The van der Waals surface area contributed by atoms with Gasteiger partial charge in [-0.1, -0.05) is 55.8 Å². The molecule has 0 fully saturated rings. The summed E-state index contributed by atoms with van der Waals surface area (Å²) in [5.74, 6) is 0.684. The van der Waals surface area contributed by atoms with Gasteiger partial charge in [-0.2, -0.15) is 15.2 Å². The first-order valence-electron chi connectivity index (χ1n) is 15.0. The van der Waals surface area contributed by atoms with Gasteiger partial charge < -0.3 is 4.74 Å². The molecule has 1 aliphatic rings. The molecule has 10 heteroatoms. The largest absolute Gasteiger partial charge is 0.480 e. The Morgan fingerprint density at radius 3 is 2.42 bits per heavy atom. The number of nitrogens with zero attached hydrogens (tertiary/aromatic N) is 5. The molecule has 0 spiro atoms. The van der Waals surface area contributed by atoms with E-state index in [1.165, 1.54) is 13.3 Å². The maximum absolute atomic E-state index is 14.4. The Morgan fingerprint density at radius 1 is 1.00 bits per heavy atom. The van der Waals surface area contributed by atoms with Crippen molar-refractivity contribution in [1.29, 1.82) is 0 Å². The molecule has 3 aromatic carbocycles. The van der Waals surface area contributed by atoms with Crippen LogP contribution in [0.3, 0.4) is 0 Å². The molecular formula is C35H34N6O4. The minimum atomic E-state index is -0.976. The normalized spacial score (nSPS) is 13.2. The number of fused-ring (bicyclic) bond motifs is 1. The Morgan fingerprint density at radius 2 is 1.76 bits per heavy atom. The fourth-order valence-corrected chi connectivity index (χ4v) is 5.52. The first-order valence-corrected chi connectivity index (χ1v) is 15.0. The Bertz CT molecular complexity index is 2010. The summed E-state index contributed by atoms with van der Waals surface area (Å²) in [4.78, 5) is 42.9. The van der Waals surface area contributed by atoms with E-state index in [4.69, 9.17) is 4.74 Å². The lowest BCUT2D eigenvalue weighted by atomic mass is 9.91. The second kappa shape index (κ2) is 12.0. The summed E-state index contributed by atoms with van der Waals surface area (Å²) in [6, 6.07) is 23.1. The molecule has 10 nitrogen and oxygen atoms in total. The number of hydrogen-bond acceptors (Lipinski definition) is 7. The summed E-state index contributed by atoms with van der Waals surface area (Å²) >= 11 is 0. The van der Waals surface area contributed by atoms with E-state index in [9.17, 15) is 14.4 Å². The number of carbonyl (C=O) groups is 2. The predicted octanol–water partition coefficient (Wildman–Crippen LogP) is 5.06. The summed E-state index contributed by atoms with van der Waals surface area (Å²) in [5.41, 5.74) is 7.79. The fourth-order valence-electron chi connectivity index (χ4n) is 5.52. The maximum Gasteiger partial charge on any atom is 0.263 e. The van der Waals surface area contributed by atoms with Gasteiger partial charge in [0.05, 0.1) is 23.5 Å². The standard InChI is InChI=1S/C35H34N6O4/c1-5-9-31-29(19-23-12-17-27(24-10-7-6-8-11-24)28(18-23)30-20-32(43)39-38-30)33(44)40(34-36-21-37-41(31)34)25-13-15-26(16-14-25)45-35(3,4)22(2)42/h6-8,10-18,21H,5,9,19-20H2,1-4H3,(H,39,43). The first-order chi connectivity index (χ1) is 21.7. The van der Waals surface area contributed by atoms with Crippen LogP contribution in [-0.4, -0.2) is 42.2 Å². The zero-order chi connectivity index (χ0) is 31.7. The molecule has 5 aromatic rings. The van der Waals surface area contributed by atoms with Crippen LogP contribution in [0.15, 0.2) is 89.0 Å². The Kier molecular flexibility index (Phi) is 7.88. The average molecular weight is 603 g/mol. The lowest BCUT2D eigenvalue weighted by Gasteiger charge is -2.23. The molecule has 6 rings (SSSR count). The van der Waals surface area contributed by atoms with Gasteiger partial charge >= 0.3 is 0 Å². The number of aryl methyl sites for hydroxylation is 1. The number of aromatic nitrogens is 4. The van der Waals surface area contributed by atoms with E-state index in [1.807, 2.05) is 48.5 Å². The smallest absolute Gasteiger partial charge is 0.263 e. The van der Waals surface area contributed by atoms with Crippen LogP contribution in [0.5, 0.6) is 5.75 Å². The molecule has 228 valence electrons. The van der Waals surface area contributed by atoms with Gasteiger partial charge in [-0.3, -0.25) is 14.4 Å². The number of hydrogen-bond donors (Lipinski definition) is 1. The zero-order valence-corrected chi connectivity index (χ0v) is 25.7. The second-order valence-electron chi connectivity index (χ2n) is 11.6. The van der Waals surface area contributed by atoms with E-state index < -0.39 is 5.60 Å². The van der Waals surface area contributed by atoms with Crippen molar-refractivity contribution < 1.29 is 14.3 Å². The average Bonchev–Trinajstić information content (AvgIpc) is 3.69. The highest BCUT2D eigenvalue weighted by Crippen LogP contribution is 2.29. The van der Waals surface area contributed by atoms with Crippen molar-refractivity contribution in [1.82, 2.24) is 24.6 Å². The molecule has 3 heterocycles. The van der Waals surface area contributed by atoms with Crippen LogP contribution in [0.1, 0.15) is 62.9 Å². The number of carbonyl (C=O) groups excluding carboxylic acids is 2. The summed E-state index contributed by atoms with van der Waals surface area (Å²) in [7, 11) is 0. The third-order valence-corrected chi connectivity index (χ3v) is 8.10. The van der Waals surface area contributed by atoms with Gasteiger partial charge in [0, 0.05) is 17.5 Å². The van der Waals surface area contributed by atoms with E-state index in [1.54, 1.807) is 47.2 Å². The van der Waals surface area contributed by atoms with E-state index in [-0.39, 0.29) is 23.7 Å².